The molecule has 0 unspecified atom stereocenters. The maximum Gasteiger partial charge on any atom is 0.252 e. The van der Waals surface area contributed by atoms with Gasteiger partial charge in [-0.25, -0.2) is 8.42 Å². The third-order valence-corrected chi connectivity index (χ3v) is 6.94. The summed E-state index contributed by atoms with van der Waals surface area (Å²) in [5, 5.41) is 7.16. The topological polar surface area (TPSA) is 95.6 Å². The Bertz CT molecular complexity index is 876. The fourth-order valence-electron chi connectivity index (χ4n) is 2.10. The highest BCUT2D eigenvalue weighted by Crippen LogP contribution is 2.19. The smallest absolute Gasteiger partial charge is 0.252 e. The van der Waals surface area contributed by atoms with Crippen LogP contribution < -0.4 is 10.6 Å². The van der Waals surface area contributed by atoms with Gasteiger partial charge in [0.25, 0.3) is 10.0 Å². The number of rotatable bonds is 8. The standard InChI is InChI=1S/C18H23N3O4S2/c1-13(2)18(23)20-15-8-6-14(7-9-15)11-19-16(22)12-21(3)27(24,25)17-5-4-10-26-17/h4-10,13H,11-12H2,1-3H3,(H,19,22)(H,20,23). The summed E-state index contributed by atoms with van der Waals surface area (Å²) in [4.78, 5) is 23.7. The van der Waals surface area contributed by atoms with Crippen LogP contribution in [-0.2, 0) is 26.2 Å². The molecule has 1 heterocycles. The zero-order chi connectivity index (χ0) is 20.0. The summed E-state index contributed by atoms with van der Waals surface area (Å²) in [5.74, 6) is -0.563. The molecule has 7 nitrogen and oxygen atoms in total. The van der Waals surface area contributed by atoms with E-state index in [9.17, 15) is 18.0 Å². The van der Waals surface area contributed by atoms with Crippen LogP contribution >= 0.6 is 11.3 Å². The molecule has 0 aliphatic heterocycles. The Morgan fingerprint density at radius 2 is 1.81 bits per heavy atom. The van der Waals surface area contributed by atoms with Crippen molar-refractivity contribution >= 4 is 38.9 Å². The Morgan fingerprint density at radius 1 is 1.15 bits per heavy atom. The SMILES string of the molecule is CC(C)C(=O)Nc1ccc(CNC(=O)CN(C)S(=O)(=O)c2cccs2)cc1. The Kier molecular flexibility index (Phi) is 7.11. The van der Waals surface area contributed by atoms with Gasteiger partial charge in [-0.2, -0.15) is 4.31 Å². The van der Waals surface area contributed by atoms with Crippen molar-refractivity contribution in [2.45, 2.75) is 24.6 Å². The molecule has 0 fully saturated rings. The van der Waals surface area contributed by atoms with E-state index in [0.29, 0.717) is 5.69 Å². The van der Waals surface area contributed by atoms with Crippen molar-refractivity contribution in [3.8, 4) is 0 Å². The van der Waals surface area contributed by atoms with Crippen LogP contribution in [0.3, 0.4) is 0 Å². The largest absolute Gasteiger partial charge is 0.351 e. The van der Waals surface area contributed by atoms with Gasteiger partial charge in [0.1, 0.15) is 4.21 Å². The fourth-order valence-corrected chi connectivity index (χ4v) is 4.43. The number of sulfonamides is 1. The molecule has 146 valence electrons. The Balaban J connectivity index is 1.86. The normalized spacial score (nSPS) is 11.6. The molecule has 9 heteroatoms. The number of hydrogen-bond donors (Lipinski definition) is 2. The molecule has 0 bridgehead atoms. The lowest BCUT2D eigenvalue weighted by Crippen LogP contribution is -2.37. The first-order valence-electron chi connectivity index (χ1n) is 8.36. The summed E-state index contributed by atoms with van der Waals surface area (Å²) in [6, 6.07) is 10.3. The molecule has 0 saturated carbocycles. The van der Waals surface area contributed by atoms with E-state index in [-0.39, 0.29) is 29.1 Å². The van der Waals surface area contributed by atoms with Crippen LogP contribution in [0.4, 0.5) is 5.69 Å². The number of amides is 2. The van der Waals surface area contributed by atoms with Crippen LogP contribution in [0.15, 0.2) is 46.0 Å². The number of anilines is 1. The van der Waals surface area contributed by atoms with Gasteiger partial charge in [0.2, 0.25) is 11.8 Å². The monoisotopic (exact) mass is 409 g/mol. The van der Waals surface area contributed by atoms with Crippen LogP contribution in [-0.4, -0.2) is 38.1 Å². The number of nitrogens with one attached hydrogen (secondary N) is 2. The fraction of sp³-hybridized carbons (Fsp3) is 0.333. The highest BCUT2D eigenvalue weighted by atomic mass is 32.2. The van der Waals surface area contributed by atoms with Crippen LogP contribution in [0.25, 0.3) is 0 Å². The average molecular weight is 410 g/mol. The van der Waals surface area contributed by atoms with Crippen molar-refractivity contribution in [2.24, 2.45) is 5.92 Å². The van der Waals surface area contributed by atoms with Crippen molar-refractivity contribution in [2.75, 3.05) is 18.9 Å². The van der Waals surface area contributed by atoms with E-state index < -0.39 is 15.9 Å². The third kappa shape index (κ3) is 5.88. The minimum absolute atomic E-state index is 0.0639. The molecule has 0 aliphatic carbocycles. The van der Waals surface area contributed by atoms with Gasteiger partial charge in [-0.1, -0.05) is 32.0 Å². The van der Waals surface area contributed by atoms with Gasteiger partial charge in [0.15, 0.2) is 0 Å². The molecular formula is C18H23N3O4S2. The van der Waals surface area contributed by atoms with Crippen LogP contribution in [0.5, 0.6) is 0 Å². The minimum Gasteiger partial charge on any atom is -0.351 e. The molecule has 2 rings (SSSR count). The van der Waals surface area contributed by atoms with Crippen molar-refractivity contribution in [3.63, 3.8) is 0 Å². The number of benzene rings is 1. The molecule has 1 aromatic heterocycles. The van der Waals surface area contributed by atoms with Crippen molar-refractivity contribution in [1.82, 2.24) is 9.62 Å². The number of thiophene rings is 1. The lowest BCUT2D eigenvalue weighted by atomic mass is 10.1. The first kappa shape index (κ1) is 21.1. The van der Waals surface area contributed by atoms with E-state index in [1.54, 1.807) is 35.7 Å². The predicted octanol–water partition coefficient (Wildman–Crippen LogP) is 2.28. The van der Waals surface area contributed by atoms with Gasteiger partial charge in [-0.3, -0.25) is 9.59 Å². The number of hydrogen-bond acceptors (Lipinski definition) is 5. The number of likely N-dealkylation sites (N-methyl/N-ethyl adjacent to an activating group) is 1. The second kappa shape index (κ2) is 9.12. The third-order valence-electron chi connectivity index (χ3n) is 3.76. The van der Waals surface area contributed by atoms with E-state index in [2.05, 4.69) is 10.6 Å². The Morgan fingerprint density at radius 3 is 2.37 bits per heavy atom. The summed E-state index contributed by atoms with van der Waals surface area (Å²) in [7, 11) is -2.27. The summed E-state index contributed by atoms with van der Waals surface area (Å²) < 4.78 is 25.8. The maximum absolute atomic E-state index is 12.3. The average Bonchev–Trinajstić information content (AvgIpc) is 3.16. The zero-order valence-electron chi connectivity index (χ0n) is 15.4. The van der Waals surface area contributed by atoms with Crippen molar-refractivity contribution in [3.05, 3.63) is 47.3 Å². The number of carbonyl (C=O) groups is 2. The number of carbonyl (C=O) groups excluding carboxylic acids is 2. The molecular weight excluding hydrogens is 386 g/mol. The van der Waals surface area contributed by atoms with Crippen molar-refractivity contribution in [1.29, 1.82) is 0 Å². The molecule has 0 radical (unpaired) electrons. The quantitative estimate of drug-likeness (QED) is 0.699. The van der Waals surface area contributed by atoms with Crippen LogP contribution in [0.2, 0.25) is 0 Å². The molecule has 2 N–H and O–H groups in total. The van der Waals surface area contributed by atoms with E-state index in [1.165, 1.54) is 13.1 Å². The summed E-state index contributed by atoms with van der Waals surface area (Å²) in [6.07, 6.45) is 0. The highest BCUT2D eigenvalue weighted by molar-refractivity contribution is 7.91. The first-order chi connectivity index (χ1) is 12.7. The number of nitrogens with zero attached hydrogens (tertiary/aromatic N) is 1. The van der Waals surface area contributed by atoms with E-state index in [4.69, 9.17) is 0 Å². The zero-order valence-corrected chi connectivity index (χ0v) is 17.1. The minimum atomic E-state index is -3.65. The second-order valence-electron chi connectivity index (χ2n) is 6.31. The van der Waals surface area contributed by atoms with E-state index >= 15 is 0 Å². The van der Waals surface area contributed by atoms with Gasteiger partial charge in [0.05, 0.1) is 6.54 Å². The summed E-state index contributed by atoms with van der Waals surface area (Å²) in [6.45, 7) is 3.64. The molecule has 27 heavy (non-hydrogen) atoms. The van der Waals surface area contributed by atoms with E-state index in [1.807, 2.05) is 13.8 Å². The lowest BCUT2D eigenvalue weighted by Gasteiger charge is -2.15. The van der Waals surface area contributed by atoms with Crippen molar-refractivity contribution < 1.29 is 18.0 Å². The van der Waals surface area contributed by atoms with Gasteiger partial charge in [-0.15, -0.1) is 11.3 Å². The predicted molar refractivity (Wildman–Crippen MR) is 106 cm³/mol. The first-order valence-corrected chi connectivity index (χ1v) is 10.7. The molecule has 1 aromatic carbocycles. The summed E-state index contributed by atoms with van der Waals surface area (Å²) in [5.41, 5.74) is 1.53. The Labute approximate surface area is 163 Å². The van der Waals surface area contributed by atoms with Crippen LogP contribution in [0, 0.1) is 5.92 Å². The molecule has 0 spiro atoms. The van der Waals surface area contributed by atoms with Gasteiger partial charge in [0, 0.05) is 25.2 Å². The van der Waals surface area contributed by atoms with Gasteiger partial charge >= 0.3 is 0 Å². The molecule has 0 saturated heterocycles. The maximum atomic E-state index is 12.3. The highest BCUT2D eigenvalue weighted by Gasteiger charge is 2.23. The van der Waals surface area contributed by atoms with E-state index in [0.717, 1.165) is 21.2 Å². The van der Waals surface area contributed by atoms with Crippen LogP contribution in [0.1, 0.15) is 19.4 Å². The molecule has 2 amide bonds. The molecule has 0 aliphatic rings. The molecule has 0 atom stereocenters. The lowest BCUT2D eigenvalue weighted by molar-refractivity contribution is -0.121. The molecule has 2 aromatic rings. The van der Waals surface area contributed by atoms with Gasteiger partial charge in [-0.05, 0) is 29.1 Å². The second-order valence-corrected chi connectivity index (χ2v) is 9.53. The van der Waals surface area contributed by atoms with Gasteiger partial charge < -0.3 is 10.6 Å². The Hall–Kier alpha value is -2.23. The summed E-state index contributed by atoms with van der Waals surface area (Å²) >= 11 is 1.11.